The van der Waals surface area contributed by atoms with E-state index in [0.29, 0.717) is 0 Å². The molecule has 2 aliphatic rings. The number of hydrogen-bond acceptors (Lipinski definition) is 4. The second-order valence-corrected chi connectivity index (χ2v) is 9.07. The fraction of sp³-hybridized carbons (Fsp3) is 1.00. The fourth-order valence-corrected chi connectivity index (χ4v) is 4.93. The molecule has 0 aromatic carbocycles. The predicted molar refractivity (Wildman–Crippen MR) is 90.6 cm³/mol. The van der Waals surface area contributed by atoms with Crippen LogP contribution in [0.25, 0.3) is 0 Å². The molecule has 2 aliphatic heterocycles. The van der Waals surface area contributed by atoms with Crippen molar-refractivity contribution in [3.05, 3.63) is 0 Å². The van der Waals surface area contributed by atoms with Crippen LogP contribution in [0.3, 0.4) is 0 Å². The molecule has 0 saturated carbocycles. The average Bonchev–Trinajstić information content (AvgIpc) is 2.71. The Morgan fingerprint density at radius 2 is 1.26 bits per heavy atom. The lowest BCUT2D eigenvalue weighted by molar-refractivity contribution is 0.241. The first-order valence-corrected chi connectivity index (χ1v) is 10.0. The second kappa shape index (κ2) is 8.81. The van der Waals surface area contributed by atoms with Crippen LogP contribution < -0.4 is 0 Å². The molecule has 0 amide bonds. The van der Waals surface area contributed by atoms with Gasteiger partial charge < -0.3 is 9.80 Å². The SMILES string of the molecule is C[C@@H]1CCN(CCCN2CCS[C@H](C)CC2)CCS1. The van der Waals surface area contributed by atoms with Crippen LogP contribution in [0.2, 0.25) is 0 Å². The van der Waals surface area contributed by atoms with Crippen molar-refractivity contribution in [3.63, 3.8) is 0 Å². The van der Waals surface area contributed by atoms with Crippen LogP contribution in [0, 0.1) is 0 Å². The van der Waals surface area contributed by atoms with Gasteiger partial charge in [0.05, 0.1) is 0 Å². The quantitative estimate of drug-likeness (QED) is 0.787. The highest BCUT2D eigenvalue weighted by Gasteiger charge is 2.16. The summed E-state index contributed by atoms with van der Waals surface area (Å²) in [5.74, 6) is 2.66. The van der Waals surface area contributed by atoms with Crippen LogP contribution in [-0.2, 0) is 0 Å². The molecule has 2 fully saturated rings. The van der Waals surface area contributed by atoms with Gasteiger partial charge in [-0.25, -0.2) is 0 Å². The Bertz CT molecular complexity index is 226. The topological polar surface area (TPSA) is 6.48 Å². The minimum atomic E-state index is 0.870. The average molecular weight is 303 g/mol. The van der Waals surface area contributed by atoms with Gasteiger partial charge in [0.2, 0.25) is 0 Å². The third-order valence-corrected chi connectivity index (χ3v) is 6.72. The molecule has 0 radical (unpaired) electrons. The van der Waals surface area contributed by atoms with Crippen molar-refractivity contribution in [3.8, 4) is 0 Å². The van der Waals surface area contributed by atoms with Gasteiger partial charge in [-0.05, 0) is 45.4 Å². The summed E-state index contributed by atoms with van der Waals surface area (Å²) in [7, 11) is 0. The van der Waals surface area contributed by atoms with E-state index in [1.165, 1.54) is 70.0 Å². The molecule has 0 N–H and O–H groups in total. The molecular formula is C15H30N2S2. The number of rotatable bonds is 4. The van der Waals surface area contributed by atoms with Gasteiger partial charge in [0.15, 0.2) is 0 Å². The second-order valence-electron chi connectivity index (χ2n) is 5.98. The van der Waals surface area contributed by atoms with E-state index in [-0.39, 0.29) is 0 Å². The molecule has 0 aromatic rings. The highest BCUT2D eigenvalue weighted by atomic mass is 32.2. The van der Waals surface area contributed by atoms with E-state index < -0.39 is 0 Å². The van der Waals surface area contributed by atoms with Gasteiger partial charge >= 0.3 is 0 Å². The lowest BCUT2D eigenvalue weighted by Crippen LogP contribution is -2.32. The number of nitrogens with zero attached hydrogens (tertiary/aromatic N) is 2. The van der Waals surface area contributed by atoms with E-state index in [4.69, 9.17) is 0 Å². The Hall–Kier alpha value is 0.620. The highest BCUT2D eigenvalue weighted by molar-refractivity contribution is 8.00. The zero-order valence-corrected chi connectivity index (χ0v) is 14.3. The summed E-state index contributed by atoms with van der Waals surface area (Å²) in [5, 5.41) is 1.74. The zero-order valence-electron chi connectivity index (χ0n) is 12.6. The minimum Gasteiger partial charge on any atom is -0.302 e. The summed E-state index contributed by atoms with van der Waals surface area (Å²) >= 11 is 4.30. The van der Waals surface area contributed by atoms with Crippen molar-refractivity contribution in [1.29, 1.82) is 0 Å². The van der Waals surface area contributed by atoms with E-state index in [2.05, 4.69) is 47.2 Å². The van der Waals surface area contributed by atoms with E-state index in [9.17, 15) is 0 Å². The molecule has 0 bridgehead atoms. The first kappa shape index (κ1) is 16.0. The largest absolute Gasteiger partial charge is 0.302 e. The van der Waals surface area contributed by atoms with Crippen LogP contribution in [0.15, 0.2) is 0 Å². The Labute approximate surface area is 128 Å². The van der Waals surface area contributed by atoms with E-state index in [0.717, 1.165) is 10.5 Å². The highest BCUT2D eigenvalue weighted by Crippen LogP contribution is 2.20. The maximum Gasteiger partial charge on any atom is 0.00725 e. The van der Waals surface area contributed by atoms with E-state index in [1.807, 2.05) is 0 Å². The molecular weight excluding hydrogens is 272 g/mol. The molecule has 4 heteroatoms. The Kier molecular flexibility index (Phi) is 7.42. The molecule has 112 valence electrons. The smallest absolute Gasteiger partial charge is 0.00725 e. The van der Waals surface area contributed by atoms with Crippen molar-refractivity contribution >= 4 is 23.5 Å². The van der Waals surface area contributed by atoms with Crippen LogP contribution in [-0.4, -0.2) is 71.1 Å². The normalized spacial score (nSPS) is 31.9. The maximum atomic E-state index is 2.69. The number of hydrogen-bond donors (Lipinski definition) is 0. The molecule has 19 heavy (non-hydrogen) atoms. The molecule has 2 heterocycles. The van der Waals surface area contributed by atoms with Crippen LogP contribution >= 0.6 is 23.5 Å². The molecule has 0 aliphatic carbocycles. The lowest BCUT2D eigenvalue weighted by Gasteiger charge is -2.23. The van der Waals surface area contributed by atoms with Crippen LogP contribution in [0.1, 0.15) is 33.1 Å². The van der Waals surface area contributed by atoms with Crippen molar-refractivity contribution in [1.82, 2.24) is 9.80 Å². The summed E-state index contributed by atoms with van der Waals surface area (Å²) in [6, 6.07) is 0. The Morgan fingerprint density at radius 3 is 1.74 bits per heavy atom. The first-order chi connectivity index (χ1) is 9.24. The summed E-state index contributed by atoms with van der Waals surface area (Å²) in [6.45, 7) is 12.6. The van der Waals surface area contributed by atoms with E-state index >= 15 is 0 Å². The van der Waals surface area contributed by atoms with E-state index in [1.54, 1.807) is 0 Å². The fourth-order valence-electron chi connectivity index (χ4n) is 2.85. The monoisotopic (exact) mass is 302 g/mol. The third-order valence-electron chi connectivity index (χ3n) is 4.27. The summed E-state index contributed by atoms with van der Waals surface area (Å²) < 4.78 is 0. The van der Waals surface area contributed by atoms with Gasteiger partial charge in [0.25, 0.3) is 0 Å². The molecule has 2 atom stereocenters. The van der Waals surface area contributed by atoms with Crippen LogP contribution in [0.5, 0.6) is 0 Å². The molecule has 2 nitrogen and oxygen atoms in total. The molecule has 0 spiro atoms. The predicted octanol–water partition coefficient (Wildman–Crippen LogP) is 3.03. The molecule has 2 saturated heterocycles. The van der Waals surface area contributed by atoms with Gasteiger partial charge in [-0.2, -0.15) is 23.5 Å². The molecule has 2 rings (SSSR count). The Balaban J connectivity index is 1.60. The van der Waals surface area contributed by atoms with Gasteiger partial charge in [-0.3, -0.25) is 0 Å². The van der Waals surface area contributed by atoms with Crippen molar-refractivity contribution in [2.24, 2.45) is 0 Å². The van der Waals surface area contributed by atoms with Gasteiger partial charge in [-0.15, -0.1) is 0 Å². The van der Waals surface area contributed by atoms with Gasteiger partial charge in [0, 0.05) is 35.1 Å². The molecule has 0 aromatic heterocycles. The van der Waals surface area contributed by atoms with Gasteiger partial charge in [0.1, 0.15) is 0 Å². The first-order valence-electron chi connectivity index (χ1n) is 7.92. The van der Waals surface area contributed by atoms with Crippen molar-refractivity contribution < 1.29 is 0 Å². The van der Waals surface area contributed by atoms with Crippen LogP contribution in [0.4, 0.5) is 0 Å². The summed E-state index contributed by atoms with van der Waals surface area (Å²) in [5.41, 5.74) is 0. The Morgan fingerprint density at radius 1 is 0.789 bits per heavy atom. The maximum absolute atomic E-state index is 2.69. The van der Waals surface area contributed by atoms with Crippen molar-refractivity contribution in [2.75, 3.05) is 50.8 Å². The summed E-state index contributed by atoms with van der Waals surface area (Å²) in [4.78, 5) is 5.37. The standard InChI is InChI=1S/C15H30N2S2/c1-14-4-8-16(10-12-18-14)6-3-7-17-9-5-15(2)19-13-11-17/h14-15H,3-13H2,1-2H3/t14-,15-/m1/s1. The summed E-state index contributed by atoms with van der Waals surface area (Å²) in [6.07, 6.45) is 4.11. The minimum absolute atomic E-state index is 0.870. The number of thioether (sulfide) groups is 2. The van der Waals surface area contributed by atoms with Crippen molar-refractivity contribution in [2.45, 2.75) is 43.6 Å². The zero-order chi connectivity index (χ0) is 13.5. The molecule has 0 unspecified atom stereocenters. The van der Waals surface area contributed by atoms with Gasteiger partial charge in [-0.1, -0.05) is 13.8 Å². The third kappa shape index (κ3) is 6.28. The lowest BCUT2D eigenvalue weighted by atomic mass is 10.2.